The number of imidazole rings is 2. The van der Waals surface area contributed by atoms with Gasteiger partial charge in [0.05, 0.1) is 0 Å². The fourth-order valence-corrected chi connectivity index (χ4v) is 3.29. The Balaban J connectivity index is 1.73. The summed E-state index contributed by atoms with van der Waals surface area (Å²) in [6.45, 7) is 3.12. The summed E-state index contributed by atoms with van der Waals surface area (Å²) in [7, 11) is 3.06. The van der Waals surface area contributed by atoms with E-state index in [0.29, 0.717) is 30.0 Å². The van der Waals surface area contributed by atoms with E-state index in [1.54, 1.807) is 23.6 Å². The number of nitrogens with one attached hydrogen (secondary N) is 1. The van der Waals surface area contributed by atoms with Gasteiger partial charge in [-0.2, -0.15) is 4.98 Å². The lowest BCUT2D eigenvalue weighted by Gasteiger charge is -2.08. The van der Waals surface area contributed by atoms with E-state index in [-0.39, 0.29) is 11.4 Å². The Morgan fingerprint density at radius 2 is 1.81 bits per heavy atom. The summed E-state index contributed by atoms with van der Waals surface area (Å²) in [5.41, 5.74) is 1.72. The lowest BCUT2D eigenvalue weighted by atomic mass is 10.3. The van der Waals surface area contributed by atoms with Gasteiger partial charge in [-0.1, -0.05) is 0 Å². The first-order valence-corrected chi connectivity index (χ1v) is 8.52. The molecule has 0 aliphatic carbocycles. The number of hydrogen-bond donors (Lipinski definition) is 1. The minimum Gasteiger partial charge on any atom is -0.383 e. The zero-order valence-electron chi connectivity index (χ0n) is 15.2. The van der Waals surface area contributed by atoms with Gasteiger partial charge in [0.15, 0.2) is 11.2 Å². The van der Waals surface area contributed by atoms with Gasteiger partial charge in [-0.3, -0.25) is 18.3 Å². The topological polar surface area (TPSA) is 78.3 Å². The fraction of sp³-hybridized carbons (Fsp3) is 0.278. The minimum atomic E-state index is -0.408. The summed E-state index contributed by atoms with van der Waals surface area (Å²) in [5, 5.41) is 3.23. The third-order valence-electron chi connectivity index (χ3n) is 4.76. The Labute approximate surface area is 153 Å². The summed E-state index contributed by atoms with van der Waals surface area (Å²) in [4.78, 5) is 29.2. The molecule has 0 saturated heterocycles. The van der Waals surface area contributed by atoms with Gasteiger partial charge in [-0.15, -0.1) is 0 Å². The van der Waals surface area contributed by atoms with E-state index < -0.39 is 5.69 Å². The monoisotopic (exact) mass is 370 g/mol. The van der Waals surface area contributed by atoms with Gasteiger partial charge in [-0.05, 0) is 31.2 Å². The van der Waals surface area contributed by atoms with E-state index in [4.69, 9.17) is 0 Å². The normalized spacial score (nSPS) is 11.6. The van der Waals surface area contributed by atoms with Crippen molar-refractivity contribution in [1.29, 1.82) is 0 Å². The molecule has 1 aromatic carbocycles. The van der Waals surface area contributed by atoms with E-state index in [0.717, 1.165) is 15.9 Å². The highest BCUT2D eigenvalue weighted by atomic mass is 19.1. The van der Waals surface area contributed by atoms with Crippen LogP contribution in [0.15, 0.2) is 40.1 Å². The molecule has 0 bridgehead atoms. The zero-order valence-corrected chi connectivity index (χ0v) is 15.2. The Morgan fingerprint density at radius 3 is 2.52 bits per heavy atom. The van der Waals surface area contributed by atoms with Crippen molar-refractivity contribution in [2.24, 2.45) is 14.1 Å². The molecule has 0 amide bonds. The molecule has 4 aromatic rings. The Hall–Kier alpha value is -3.36. The SMILES string of the molecule is Cc1cn2c3c(=O)n(C)c(=O)n(C)c3nc2n1CCNc1ccc(F)cc1. The largest absolute Gasteiger partial charge is 0.383 e. The summed E-state index contributed by atoms with van der Waals surface area (Å²) in [6, 6.07) is 6.16. The highest BCUT2D eigenvalue weighted by Gasteiger charge is 2.18. The molecule has 0 aliphatic rings. The number of benzene rings is 1. The lowest BCUT2D eigenvalue weighted by molar-refractivity contribution is 0.628. The number of halogens is 1. The second-order valence-electron chi connectivity index (χ2n) is 6.52. The molecule has 27 heavy (non-hydrogen) atoms. The van der Waals surface area contributed by atoms with Crippen molar-refractivity contribution in [2.45, 2.75) is 13.5 Å². The van der Waals surface area contributed by atoms with Crippen LogP contribution in [0.1, 0.15) is 5.69 Å². The van der Waals surface area contributed by atoms with Gasteiger partial charge >= 0.3 is 5.69 Å². The first-order chi connectivity index (χ1) is 12.9. The molecule has 0 saturated carbocycles. The Kier molecular flexibility index (Phi) is 3.87. The van der Waals surface area contributed by atoms with Crippen molar-refractivity contribution in [3.8, 4) is 0 Å². The maximum Gasteiger partial charge on any atom is 0.332 e. The van der Waals surface area contributed by atoms with Crippen LogP contribution in [0.25, 0.3) is 16.9 Å². The van der Waals surface area contributed by atoms with Crippen molar-refractivity contribution < 1.29 is 4.39 Å². The smallest absolute Gasteiger partial charge is 0.332 e. The third-order valence-corrected chi connectivity index (χ3v) is 4.76. The molecule has 3 heterocycles. The molecule has 0 aliphatic heterocycles. The Morgan fingerprint density at radius 1 is 1.11 bits per heavy atom. The number of aryl methyl sites for hydroxylation is 2. The van der Waals surface area contributed by atoms with Crippen LogP contribution >= 0.6 is 0 Å². The number of nitrogens with zero attached hydrogens (tertiary/aromatic N) is 5. The van der Waals surface area contributed by atoms with Crippen LogP contribution in [0.4, 0.5) is 10.1 Å². The lowest BCUT2D eigenvalue weighted by Crippen LogP contribution is -2.37. The molecular weight excluding hydrogens is 351 g/mol. The van der Waals surface area contributed by atoms with E-state index >= 15 is 0 Å². The number of aromatic nitrogens is 5. The van der Waals surface area contributed by atoms with Gasteiger partial charge in [0.1, 0.15) is 5.82 Å². The highest BCUT2D eigenvalue weighted by molar-refractivity contribution is 5.75. The molecule has 8 nitrogen and oxygen atoms in total. The van der Waals surface area contributed by atoms with E-state index in [1.807, 2.05) is 17.7 Å². The van der Waals surface area contributed by atoms with Crippen molar-refractivity contribution in [1.82, 2.24) is 23.1 Å². The molecule has 140 valence electrons. The first-order valence-electron chi connectivity index (χ1n) is 8.52. The number of rotatable bonds is 4. The average Bonchev–Trinajstić information content (AvgIpc) is 3.16. The Bertz CT molecular complexity index is 1280. The van der Waals surface area contributed by atoms with Crippen molar-refractivity contribution in [3.63, 3.8) is 0 Å². The summed E-state index contributed by atoms with van der Waals surface area (Å²) >= 11 is 0. The molecular formula is C18H19FN6O2. The quantitative estimate of drug-likeness (QED) is 0.586. The van der Waals surface area contributed by atoms with Crippen LogP contribution in [-0.2, 0) is 20.6 Å². The maximum atomic E-state index is 13.0. The van der Waals surface area contributed by atoms with Crippen molar-refractivity contribution in [3.05, 3.63) is 62.8 Å². The van der Waals surface area contributed by atoms with Crippen molar-refractivity contribution >= 4 is 22.6 Å². The van der Waals surface area contributed by atoms with Gasteiger partial charge < -0.3 is 9.88 Å². The first kappa shape index (κ1) is 17.1. The molecule has 3 aromatic heterocycles. The highest BCUT2D eigenvalue weighted by Crippen LogP contribution is 2.16. The third kappa shape index (κ3) is 2.62. The molecule has 0 spiro atoms. The van der Waals surface area contributed by atoms with Crippen LogP contribution in [0.3, 0.4) is 0 Å². The molecule has 0 fully saturated rings. The molecule has 0 unspecified atom stereocenters. The number of anilines is 1. The van der Waals surface area contributed by atoms with Crippen LogP contribution in [0.5, 0.6) is 0 Å². The maximum absolute atomic E-state index is 13.0. The zero-order chi connectivity index (χ0) is 19.3. The van der Waals surface area contributed by atoms with Crippen LogP contribution in [-0.4, -0.2) is 29.6 Å². The predicted molar refractivity (Wildman–Crippen MR) is 101 cm³/mol. The standard InChI is InChI=1S/C18H19FN6O2/c1-11-10-25-14-15(22(2)18(27)23(3)16(14)26)21-17(25)24(11)9-8-20-13-6-4-12(19)5-7-13/h4-7,10,20H,8-9H2,1-3H3. The molecule has 0 radical (unpaired) electrons. The molecule has 0 atom stereocenters. The van der Waals surface area contributed by atoms with Gasteiger partial charge in [-0.25, -0.2) is 9.18 Å². The molecule has 9 heteroatoms. The fourth-order valence-electron chi connectivity index (χ4n) is 3.29. The van der Waals surface area contributed by atoms with E-state index in [1.165, 1.54) is 23.7 Å². The number of hydrogen-bond acceptors (Lipinski definition) is 4. The second-order valence-corrected chi connectivity index (χ2v) is 6.52. The predicted octanol–water partition coefficient (Wildman–Crippen LogP) is 1.25. The van der Waals surface area contributed by atoms with Crippen LogP contribution in [0, 0.1) is 12.7 Å². The summed E-state index contributed by atoms with van der Waals surface area (Å²) in [5.74, 6) is 0.321. The van der Waals surface area contributed by atoms with E-state index in [2.05, 4.69) is 10.3 Å². The summed E-state index contributed by atoms with van der Waals surface area (Å²) in [6.07, 6.45) is 1.84. The van der Waals surface area contributed by atoms with E-state index in [9.17, 15) is 14.0 Å². The average molecular weight is 370 g/mol. The second kappa shape index (κ2) is 6.11. The van der Waals surface area contributed by atoms with Gasteiger partial charge in [0, 0.05) is 44.8 Å². The van der Waals surface area contributed by atoms with Crippen LogP contribution < -0.4 is 16.6 Å². The molecule has 4 rings (SSSR count). The van der Waals surface area contributed by atoms with Crippen LogP contribution in [0.2, 0.25) is 0 Å². The number of fused-ring (bicyclic) bond motifs is 3. The van der Waals surface area contributed by atoms with Gasteiger partial charge in [0.2, 0.25) is 5.78 Å². The van der Waals surface area contributed by atoms with Gasteiger partial charge in [0.25, 0.3) is 5.56 Å². The minimum absolute atomic E-state index is 0.278. The molecule has 1 N–H and O–H groups in total. The summed E-state index contributed by atoms with van der Waals surface area (Å²) < 4.78 is 19.1. The van der Waals surface area contributed by atoms with Crippen molar-refractivity contribution in [2.75, 3.05) is 11.9 Å².